The maximum absolute atomic E-state index is 4.21. The zero-order valence-electron chi connectivity index (χ0n) is 7.67. The Balaban J connectivity index is 2.11. The summed E-state index contributed by atoms with van der Waals surface area (Å²) in [6.45, 7) is 4.38. The molecule has 0 radical (unpaired) electrons. The second kappa shape index (κ2) is 2.90. The van der Waals surface area contributed by atoms with Gasteiger partial charge in [0.15, 0.2) is 0 Å². The fraction of sp³-hybridized carbons (Fsp3) is 0.667. The highest BCUT2D eigenvalue weighted by Crippen LogP contribution is 2.24. The summed E-state index contributed by atoms with van der Waals surface area (Å²) in [5.41, 5.74) is 1.30. The molecule has 0 aliphatic carbocycles. The number of nitrogens with zero attached hydrogens (tertiary/aromatic N) is 2. The molecule has 0 amide bonds. The molecule has 2 heterocycles. The number of hydrogen-bond donors (Lipinski definition) is 1. The third-order valence-electron chi connectivity index (χ3n) is 2.55. The van der Waals surface area contributed by atoms with Crippen molar-refractivity contribution in [2.75, 3.05) is 20.1 Å². The lowest BCUT2D eigenvalue weighted by Gasteiger charge is -2.07. The van der Waals surface area contributed by atoms with Gasteiger partial charge in [-0.3, -0.25) is 0 Å². The molecule has 3 heteroatoms. The van der Waals surface area contributed by atoms with Crippen LogP contribution in [-0.4, -0.2) is 35.0 Å². The molecule has 1 aliphatic heterocycles. The van der Waals surface area contributed by atoms with Gasteiger partial charge in [0.05, 0.1) is 0 Å². The Morgan fingerprint density at radius 3 is 3.00 bits per heavy atom. The van der Waals surface area contributed by atoms with Crippen LogP contribution < -0.4 is 0 Å². The normalized spacial score (nSPS) is 25.0. The lowest BCUT2D eigenvalue weighted by Crippen LogP contribution is -2.13. The number of aryl methyl sites for hydroxylation is 1. The minimum atomic E-state index is 0.677. The Morgan fingerprint density at radius 1 is 1.67 bits per heavy atom. The van der Waals surface area contributed by atoms with Crippen LogP contribution in [0.4, 0.5) is 0 Å². The van der Waals surface area contributed by atoms with Gasteiger partial charge in [-0.2, -0.15) is 0 Å². The number of aromatic nitrogens is 2. The monoisotopic (exact) mass is 165 g/mol. The third kappa shape index (κ3) is 1.37. The molecule has 0 spiro atoms. The van der Waals surface area contributed by atoms with E-state index in [0.29, 0.717) is 5.92 Å². The first kappa shape index (κ1) is 7.80. The Morgan fingerprint density at radius 2 is 2.50 bits per heavy atom. The number of H-pyrrole nitrogens is 1. The Kier molecular flexibility index (Phi) is 1.89. The summed E-state index contributed by atoms with van der Waals surface area (Å²) in [7, 11) is 2.17. The molecular formula is C9H15N3. The van der Waals surface area contributed by atoms with Gasteiger partial charge in [0.2, 0.25) is 0 Å². The van der Waals surface area contributed by atoms with Crippen molar-refractivity contribution in [1.82, 2.24) is 14.9 Å². The standard InChI is InChI=1S/C9H15N3/c1-7-10-5-9(11-7)8-3-4-12(2)6-8/h5,8H,3-4,6H2,1-2H3,(H,10,11). The van der Waals surface area contributed by atoms with E-state index in [1.165, 1.54) is 25.2 Å². The van der Waals surface area contributed by atoms with E-state index in [4.69, 9.17) is 0 Å². The van der Waals surface area contributed by atoms with Crippen molar-refractivity contribution < 1.29 is 0 Å². The molecule has 12 heavy (non-hydrogen) atoms. The predicted molar refractivity (Wildman–Crippen MR) is 48.2 cm³/mol. The van der Waals surface area contributed by atoms with Crippen LogP contribution in [0.5, 0.6) is 0 Å². The highest BCUT2D eigenvalue weighted by atomic mass is 15.1. The minimum absolute atomic E-state index is 0.677. The summed E-state index contributed by atoms with van der Waals surface area (Å²) in [6.07, 6.45) is 3.23. The number of aromatic amines is 1. The van der Waals surface area contributed by atoms with Crippen molar-refractivity contribution in [2.24, 2.45) is 0 Å². The van der Waals surface area contributed by atoms with Gasteiger partial charge in [-0.05, 0) is 26.9 Å². The fourth-order valence-corrected chi connectivity index (χ4v) is 1.84. The first-order chi connectivity index (χ1) is 5.75. The van der Waals surface area contributed by atoms with Gasteiger partial charge in [-0.1, -0.05) is 0 Å². The highest BCUT2D eigenvalue weighted by Gasteiger charge is 2.22. The van der Waals surface area contributed by atoms with Crippen molar-refractivity contribution in [3.8, 4) is 0 Å². The van der Waals surface area contributed by atoms with Crippen molar-refractivity contribution in [1.29, 1.82) is 0 Å². The van der Waals surface area contributed by atoms with Gasteiger partial charge in [0, 0.05) is 24.4 Å². The number of likely N-dealkylation sites (N-methyl/N-ethyl adjacent to an activating group) is 1. The fourth-order valence-electron chi connectivity index (χ4n) is 1.84. The summed E-state index contributed by atoms with van der Waals surface area (Å²) >= 11 is 0. The Bertz CT molecular complexity index is 266. The van der Waals surface area contributed by atoms with Crippen molar-refractivity contribution in [3.63, 3.8) is 0 Å². The van der Waals surface area contributed by atoms with E-state index >= 15 is 0 Å². The average molecular weight is 165 g/mol. The molecular weight excluding hydrogens is 150 g/mol. The summed E-state index contributed by atoms with van der Waals surface area (Å²) in [6, 6.07) is 0. The van der Waals surface area contributed by atoms with E-state index < -0.39 is 0 Å². The molecule has 0 aromatic carbocycles. The lowest BCUT2D eigenvalue weighted by molar-refractivity contribution is 0.411. The van der Waals surface area contributed by atoms with Crippen molar-refractivity contribution in [3.05, 3.63) is 17.7 Å². The second-order valence-electron chi connectivity index (χ2n) is 3.67. The molecule has 1 unspecified atom stereocenters. The van der Waals surface area contributed by atoms with E-state index in [1.54, 1.807) is 0 Å². The molecule has 66 valence electrons. The van der Waals surface area contributed by atoms with E-state index in [0.717, 1.165) is 5.82 Å². The topological polar surface area (TPSA) is 31.9 Å². The zero-order valence-corrected chi connectivity index (χ0v) is 7.67. The van der Waals surface area contributed by atoms with E-state index in [1.807, 2.05) is 13.1 Å². The number of imidazole rings is 1. The largest absolute Gasteiger partial charge is 0.346 e. The van der Waals surface area contributed by atoms with Crippen LogP contribution in [0.15, 0.2) is 6.20 Å². The van der Waals surface area contributed by atoms with E-state index in [-0.39, 0.29) is 0 Å². The molecule has 1 N–H and O–H groups in total. The van der Waals surface area contributed by atoms with Gasteiger partial charge in [0.25, 0.3) is 0 Å². The van der Waals surface area contributed by atoms with Crippen LogP contribution in [0.3, 0.4) is 0 Å². The quantitative estimate of drug-likeness (QED) is 0.676. The molecule has 1 atom stereocenters. The first-order valence-electron chi connectivity index (χ1n) is 4.46. The SMILES string of the molecule is Cc1ncc(C2CCN(C)C2)[nH]1. The molecule has 1 fully saturated rings. The van der Waals surface area contributed by atoms with Gasteiger partial charge in [0.1, 0.15) is 5.82 Å². The van der Waals surface area contributed by atoms with Crippen LogP contribution >= 0.6 is 0 Å². The van der Waals surface area contributed by atoms with Crippen LogP contribution in [-0.2, 0) is 0 Å². The molecule has 3 nitrogen and oxygen atoms in total. The minimum Gasteiger partial charge on any atom is -0.346 e. The molecule has 1 aromatic heterocycles. The van der Waals surface area contributed by atoms with Gasteiger partial charge in [-0.25, -0.2) is 4.98 Å². The van der Waals surface area contributed by atoms with Crippen molar-refractivity contribution in [2.45, 2.75) is 19.3 Å². The van der Waals surface area contributed by atoms with Gasteiger partial charge in [-0.15, -0.1) is 0 Å². The number of likely N-dealkylation sites (tertiary alicyclic amines) is 1. The predicted octanol–water partition coefficient (Wildman–Crippen LogP) is 1.14. The second-order valence-corrected chi connectivity index (χ2v) is 3.67. The van der Waals surface area contributed by atoms with Crippen LogP contribution in [0, 0.1) is 6.92 Å². The lowest BCUT2D eigenvalue weighted by atomic mass is 10.1. The summed E-state index contributed by atoms with van der Waals surface area (Å²) in [5.74, 6) is 1.70. The summed E-state index contributed by atoms with van der Waals surface area (Å²) in [4.78, 5) is 9.87. The molecule has 1 aliphatic rings. The van der Waals surface area contributed by atoms with Gasteiger partial charge < -0.3 is 9.88 Å². The number of rotatable bonds is 1. The molecule has 1 saturated heterocycles. The van der Waals surface area contributed by atoms with Crippen LogP contribution in [0.25, 0.3) is 0 Å². The Labute approximate surface area is 72.8 Å². The smallest absolute Gasteiger partial charge is 0.103 e. The van der Waals surface area contributed by atoms with Crippen molar-refractivity contribution >= 4 is 0 Å². The molecule has 1 aromatic rings. The van der Waals surface area contributed by atoms with Crippen LogP contribution in [0.1, 0.15) is 23.9 Å². The molecule has 0 bridgehead atoms. The number of nitrogens with one attached hydrogen (secondary N) is 1. The summed E-state index contributed by atoms with van der Waals surface area (Å²) < 4.78 is 0. The maximum Gasteiger partial charge on any atom is 0.103 e. The maximum atomic E-state index is 4.21. The first-order valence-corrected chi connectivity index (χ1v) is 4.46. The zero-order chi connectivity index (χ0) is 8.55. The Hall–Kier alpha value is -0.830. The van der Waals surface area contributed by atoms with Gasteiger partial charge >= 0.3 is 0 Å². The molecule has 0 saturated carbocycles. The number of hydrogen-bond acceptors (Lipinski definition) is 2. The third-order valence-corrected chi connectivity index (χ3v) is 2.55. The van der Waals surface area contributed by atoms with E-state index in [2.05, 4.69) is 21.9 Å². The summed E-state index contributed by atoms with van der Waals surface area (Å²) in [5, 5.41) is 0. The highest BCUT2D eigenvalue weighted by molar-refractivity contribution is 5.09. The van der Waals surface area contributed by atoms with Crippen LogP contribution in [0.2, 0.25) is 0 Å². The average Bonchev–Trinajstić information content (AvgIpc) is 2.58. The molecule has 2 rings (SSSR count). The van der Waals surface area contributed by atoms with E-state index in [9.17, 15) is 0 Å².